The summed E-state index contributed by atoms with van der Waals surface area (Å²) < 4.78 is 0. The summed E-state index contributed by atoms with van der Waals surface area (Å²) in [5, 5.41) is 22.4. The summed E-state index contributed by atoms with van der Waals surface area (Å²) >= 11 is 0. The lowest BCUT2D eigenvalue weighted by atomic mass is 9.94. The summed E-state index contributed by atoms with van der Waals surface area (Å²) in [6, 6.07) is 4.00. The molecule has 0 aromatic heterocycles. The van der Waals surface area contributed by atoms with Crippen molar-refractivity contribution in [1.29, 1.82) is 0 Å². The van der Waals surface area contributed by atoms with Gasteiger partial charge in [0.15, 0.2) is 0 Å². The highest BCUT2D eigenvalue weighted by Gasteiger charge is 2.19. The molecule has 0 aliphatic carbocycles. The molecule has 0 unspecified atom stereocenters. The van der Waals surface area contributed by atoms with E-state index < -0.39 is 0 Å². The molecule has 1 aromatic carbocycles. The van der Waals surface area contributed by atoms with Crippen LogP contribution in [-0.4, -0.2) is 47.7 Å². The molecule has 0 saturated carbocycles. The van der Waals surface area contributed by atoms with Gasteiger partial charge in [0.25, 0.3) is 5.91 Å². The molecule has 0 bridgehead atoms. The van der Waals surface area contributed by atoms with Crippen LogP contribution in [0, 0.1) is 5.92 Å². The second kappa shape index (κ2) is 6.61. The van der Waals surface area contributed by atoms with Gasteiger partial charge in [0.05, 0.1) is 5.56 Å². The molecule has 110 valence electrons. The van der Waals surface area contributed by atoms with Crippen LogP contribution in [0.25, 0.3) is 0 Å². The van der Waals surface area contributed by atoms with Crippen LogP contribution in [0.4, 0.5) is 0 Å². The van der Waals surface area contributed by atoms with Crippen LogP contribution in [0.2, 0.25) is 0 Å². The number of phenols is 2. The van der Waals surface area contributed by atoms with Crippen molar-refractivity contribution in [2.75, 3.05) is 26.7 Å². The fraction of sp³-hybridized carbons (Fsp3) is 0.533. The van der Waals surface area contributed by atoms with Crippen molar-refractivity contribution in [1.82, 2.24) is 10.2 Å². The molecule has 1 amide bonds. The molecule has 20 heavy (non-hydrogen) atoms. The number of amides is 1. The quantitative estimate of drug-likeness (QED) is 0.731. The average Bonchev–Trinajstić information content (AvgIpc) is 2.47. The third-order valence-corrected chi connectivity index (χ3v) is 3.89. The third-order valence-electron chi connectivity index (χ3n) is 3.89. The summed E-state index contributed by atoms with van der Waals surface area (Å²) in [5.41, 5.74) is 0.151. The zero-order valence-electron chi connectivity index (χ0n) is 11.8. The summed E-state index contributed by atoms with van der Waals surface area (Å²) in [4.78, 5) is 13.8. The number of carbonyl (C=O) groups excluding carboxylic acids is 1. The van der Waals surface area contributed by atoms with E-state index in [0.717, 1.165) is 32.4 Å². The van der Waals surface area contributed by atoms with Crippen molar-refractivity contribution in [3.05, 3.63) is 23.8 Å². The van der Waals surface area contributed by atoms with Gasteiger partial charge >= 0.3 is 0 Å². The molecular weight excluding hydrogens is 256 g/mol. The number of hydrogen-bond acceptors (Lipinski definition) is 4. The standard InChI is InChI=1S/C15H22N2O3/c1-17(9-6-11-4-7-16-8-5-11)15(20)13-10-12(18)2-3-14(13)19/h2-3,10-11,16,18-19H,4-9H2,1H3. The minimum absolute atomic E-state index is 0.0158. The maximum atomic E-state index is 12.2. The first kappa shape index (κ1) is 14.7. The van der Waals surface area contributed by atoms with Crippen molar-refractivity contribution in [3.63, 3.8) is 0 Å². The second-order valence-corrected chi connectivity index (χ2v) is 5.41. The van der Waals surface area contributed by atoms with Crippen LogP contribution in [0.1, 0.15) is 29.6 Å². The Balaban J connectivity index is 1.92. The van der Waals surface area contributed by atoms with Crippen molar-refractivity contribution >= 4 is 5.91 Å². The summed E-state index contributed by atoms with van der Waals surface area (Å²) in [7, 11) is 1.73. The van der Waals surface area contributed by atoms with Gasteiger partial charge in [-0.2, -0.15) is 0 Å². The number of benzene rings is 1. The van der Waals surface area contributed by atoms with Crippen LogP contribution < -0.4 is 5.32 Å². The molecule has 1 saturated heterocycles. The maximum Gasteiger partial charge on any atom is 0.257 e. The third kappa shape index (κ3) is 3.63. The van der Waals surface area contributed by atoms with E-state index >= 15 is 0 Å². The normalized spacial score (nSPS) is 16.1. The Bertz CT molecular complexity index is 470. The molecule has 1 aliphatic rings. The van der Waals surface area contributed by atoms with Crippen molar-refractivity contribution < 1.29 is 15.0 Å². The lowest BCUT2D eigenvalue weighted by molar-refractivity contribution is 0.0781. The van der Waals surface area contributed by atoms with Gasteiger partial charge in [0.1, 0.15) is 11.5 Å². The molecule has 1 fully saturated rings. The van der Waals surface area contributed by atoms with Gasteiger partial charge in [0, 0.05) is 13.6 Å². The summed E-state index contributed by atoms with van der Waals surface area (Å²) in [6.45, 7) is 2.77. The highest BCUT2D eigenvalue weighted by Crippen LogP contribution is 2.24. The lowest BCUT2D eigenvalue weighted by Crippen LogP contribution is -2.32. The molecule has 3 N–H and O–H groups in total. The number of aromatic hydroxyl groups is 2. The molecule has 1 aliphatic heterocycles. The number of nitrogens with one attached hydrogen (secondary N) is 1. The topological polar surface area (TPSA) is 72.8 Å². The van der Waals surface area contributed by atoms with E-state index in [1.807, 2.05) is 0 Å². The number of carbonyl (C=O) groups is 1. The predicted octanol–water partition coefficient (Wildman–Crippen LogP) is 1.56. The van der Waals surface area contributed by atoms with E-state index in [1.165, 1.54) is 18.2 Å². The molecule has 5 heteroatoms. The molecule has 0 radical (unpaired) electrons. The highest BCUT2D eigenvalue weighted by molar-refractivity contribution is 5.97. The van der Waals surface area contributed by atoms with Crippen LogP contribution in [0.3, 0.4) is 0 Å². The van der Waals surface area contributed by atoms with E-state index in [2.05, 4.69) is 5.32 Å². The van der Waals surface area contributed by atoms with Gasteiger partial charge in [-0.05, 0) is 56.5 Å². The van der Waals surface area contributed by atoms with Crippen molar-refractivity contribution in [2.45, 2.75) is 19.3 Å². The zero-order chi connectivity index (χ0) is 14.5. The molecule has 0 spiro atoms. The number of rotatable bonds is 4. The molecule has 5 nitrogen and oxygen atoms in total. The fourth-order valence-electron chi connectivity index (χ4n) is 2.55. The summed E-state index contributed by atoms with van der Waals surface area (Å²) in [5.74, 6) is 0.288. The van der Waals surface area contributed by atoms with Gasteiger partial charge < -0.3 is 20.4 Å². The minimum atomic E-state index is -0.257. The molecule has 1 aromatic rings. The lowest BCUT2D eigenvalue weighted by Gasteiger charge is -2.25. The number of nitrogens with zero attached hydrogens (tertiary/aromatic N) is 1. The van der Waals surface area contributed by atoms with E-state index in [9.17, 15) is 15.0 Å². The first-order valence-corrected chi connectivity index (χ1v) is 7.06. The first-order chi connectivity index (χ1) is 9.58. The molecule has 1 heterocycles. The van der Waals surface area contributed by atoms with E-state index in [1.54, 1.807) is 11.9 Å². The van der Waals surface area contributed by atoms with Gasteiger partial charge in [-0.25, -0.2) is 0 Å². The monoisotopic (exact) mass is 278 g/mol. The zero-order valence-corrected chi connectivity index (χ0v) is 11.8. The number of hydrogen-bond donors (Lipinski definition) is 3. The summed E-state index contributed by atoms with van der Waals surface area (Å²) in [6.07, 6.45) is 3.28. The van der Waals surface area contributed by atoms with Crippen molar-refractivity contribution in [2.24, 2.45) is 5.92 Å². The fourth-order valence-corrected chi connectivity index (χ4v) is 2.55. The van der Waals surface area contributed by atoms with Crippen LogP contribution in [0.15, 0.2) is 18.2 Å². The van der Waals surface area contributed by atoms with Crippen LogP contribution in [-0.2, 0) is 0 Å². The molecule has 2 rings (SSSR count). The smallest absolute Gasteiger partial charge is 0.257 e. The second-order valence-electron chi connectivity index (χ2n) is 5.41. The maximum absolute atomic E-state index is 12.2. The molecule has 0 atom stereocenters. The average molecular weight is 278 g/mol. The van der Waals surface area contributed by atoms with Gasteiger partial charge in [0.2, 0.25) is 0 Å². The Morgan fingerprint density at radius 3 is 2.75 bits per heavy atom. The van der Waals surface area contributed by atoms with E-state index in [-0.39, 0.29) is 23.0 Å². The largest absolute Gasteiger partial charge is 0.508 e. The first-order valence-electron chi connectivity index (χ1n) is 7.06. The predicted molar refractivity (Wildman–Crippen MR) is 76.9 cm³/mol. The number of phenolic OH excluding ortho intramolecular Hbond substituents is 2. The Labute approximate surface area is 119 Å². The SMILES string of the molecule is CN(CCC1CCNCC1)C(=O)c1cc(O)ccc1O. The van der Waals surface area contributed by atoms with Gasteiger partial charge in [-0.1, -0.05) is 0 Å². The Morgan fingerprint density at radius 2 is 2.05 bits per heavy atom. The highest BCUT2D eigenvalue weighted by atomic mass is 16.3. The molecular formula is C15H22N2O3. The Kier molecular flexibility index (Phi) is 4.84. The Morgan fingerprint density at radius 1 is 1.35 bits per heavy atom. The van der Waals surface area contributed by atoms with Gasteiger partial charge in [-0.3, -0.25) is 4.79 Å². The van der Waals surface area contributed by atoms with Crippen LogP contribution >= 0.6 is 0 Å². The number of piperidine rings is 1. The van der Waals surface area contributed by atoms with E-state index in [0.29, 0.717) is 12.5 Å². The van der Waals surface area contributed by atoms with Crippen LogP contribution in [0.5, 0.6) is 11.5 Å². The van der Waals surface area contributed by atoms with Gasteiger partial charge in [-0.15, -0.1) is 0 Å². The Hall–Kier alpha value is -1.75. The van der Waals surface area contributed by atoms with E-state index in [4.69, 9.17) is 0 Å². The van der Waals surface area contributed by atoms with Crippen molar-refractivity contribution in [3.8, 4) is 11.5 Å². The minimum Gasteiger partial charge on any atom is -0.508 e.